The predicted octanol–water partition coefficient (Wildman–Crippen LogP) is 4.05. The van der Waals surface area contributed by atoms with Crippen molar-refractivity contribution < 1.29 is 4.79 Å². The van der Waals surface area contributed by atoms with Gasteiger partial charge in [-0.25, -0.2) is 0 Å². The van der Waals surface area contributed by atoms with Crippen LogP contribution in [-0.2, 0) is 10.5 Å². The lowest BCUT2D eigenvalue weighted by molar-refractivity contribution is -0.155. The summed E-state index contributed by atoms with van der Waals surface area (Å²) in [7, 11) is 0. The van der Waals surface area contributed by atoms with Crippen LogP contribution in [0.15, 0.2) is 35.9 Å². The van der Waals surface area contributed by atoms with E-state index in [1.54, 1.807) is 11.8 Å². The topological polar surface area (TPSA) is 47.9 Å². The third kappa shape index (κ3) is 3.64. The Morgan fingerprint density at radius 3 is 2.86 bits per heavy atom. The molecule has 2 fully saturated rings. The first-order valence-electron chi connectivity index (χ1n) is 10.0. The Balaban J connectivity index is 1.51. The molecule has 4 rings (SSSR count). The Bertz CT molecular complexity index is 768. The first-order chi connectivity index (χ1) is 13.6. The quantitative estimate of drug-likeness (QED) is 0.733. The predicted molar refractivity (Wildman–Crippen MR) is 117 cm³/mol. The number of benzene rings is 1. The second-order valence-electron chi connectivity index (χ2n) is 7.65. The van der Waals surface area contributed by atoms with Crippen LogP contribution in [0.1, 0.15) is 43.7 Å². The molecule has 1 aliphatic carbocycles. The van der Waals surface area contributed by atoms with Gasteiger partial charge in [0.05, 0.1) is 5.92 Å². The molecular formula is C21H27ClN4OS. The zero-order chi connectivity index (χ0) is 19.7. The third-order valence-corrected chi connectivity index (χ3v) is 7.24. The monoisotopic (exact) mass is 418 g/mol. The molecule has 3 aliphatic rings. The number of amides is 1. The number of thioether (sulfide) groups is 1. The van der Waals surface area contributed by atoms with Gasteiger partial charge in [0.25, 0.3) is 0 Å². The number of hydrazone groups is 1. The highest BCUT2D eigenvalue weighted by Gasteiger charge is 2.51. The average molecular weight is 419 g/mol. The van der Waals surface area contributed by atoms with Crippen LogP contribution in [0.2, 0.25) is 0 Å². The van der Waals surface area contributed by atoms with Gasteiger partial charge in [-0.15, -0.1) is 11.6 Å². The lowest BCUT2D eigenvalue weighted by Gasteiger charge is -2.51. The number of fused-ring (bicyclic) bond motifs is 3. The number of amidine groups is 1. The summed E-state index contributed by atoms with van der Waals surface area (Å²) < 4.78 is 0. The van der Waals surface area contributed by atoms with Crippen molar-refractivity contribution in [3.63, 3.8) is 0 Å². The Morgan fingerprint density at radius 1 is 1.36 bits per heavy atom. The minimum Gasteiger partial charge on any atom is -0.307 e. The van der Waals surface area contributed by atoms with E-state index in [1.807, 2.05) is 11.0 Å². The summed E-state index contributed by atoms with van der Waals surface area (Å²) in [6, 6.07) is 8.62. The van der Waals surface area contributed by atoms with Crippen LogP contribution >= 0.6 is 23.4 Å². The highest BCUT2D eigenvalue weighted by molar-refractivity contribution is 8.13. The summed E-state index contributed by atoms with van der Waals surface area (Å²) in [6.45, 7) is 6.65. The second kappa shape index (κ2) is 8.37. The van der Waals surface area contributed by atoms with E-state index in [2.05, 4.69) is 53.2 Å². The number of nitrogens with one attached hydrogen (secondary N) is 1. The van der Waals surface area contributed by atoms with Gasteiger partial charge in [0.15, 0.2) is 11.5 Å². The van der Waals surface area contributed by atoms with Gasteiger partial charge < -0.3 is 9.80 Å². The van der Waals surface area contributed by atoms with Crippen LogP contribution in [0.25, 0.3) is 6.08 Å². The molecule has 4 unspecified atom stereocenters. The molecule has 1 saturated carbocycles. The Kier molecular flexibility index (Phi) is 5.88. The van der Waals surface area contributed by atoms with Crippen molar-refractivity contribution in [1.82, 2.24) is 15.2 Å². The molecule has 0 radical (unpaired) electrons. The van der Waals surface area contributed by atoms with Crippen molar-refractivity contribution in [2.24, 2.45) is 11.0 Å². The number of hydrogen-bond acceptors (Lipinski definition) is 5. The molecule has 2 heterocycles. The summed E-state index contributed by atoms with van der Waals surface area (Å²) in [4.78, 5) is 17.4. The molecular weight excluding hydrogens is 392 g/mol. The summed E-state index contributed by atoms with van der Waals surface area (Å²) in [5.41, 5.74) is 5.60. The average Bonchev–Trinajstić information content (AvgIpc) is 3.13. The molecule has 2 aliphatic heterocycles. The van der Waals surface area contributed by atoms with Crippen molar-refractivity contribution in [1.29, 1.82) is 0 Å². The van der Waals surface area contributed by atoms with E-state index >= 15 is 0 Å². The van der Waals surface area contributed by atoms with Gasteiger partial charge in [-0.2, -0.15) is 5.10 Å². The van der Waals surface area contributed by atoms with E-state index in [0.29, 0.717) is 0 Å². The zero-order valence-corrected chi connectivity index (χ0v) is 17.8. The van der Waals surface area contributed by atoms with E-state index in [9.17, 15) is 4.79 Å². The van der Waals surface area contributed by atoms with Crippen LogP contribution in [0.5, 0.6) is 0 Å². The van der Waals surface area contributed by atoms with E-state index in [-0.39, 0.29) is 29.5 Å². The molecule has 7 heteroatoms. The Labute approximate surface area is 176 Å². The van der Waals surface area contributed by atoms with Crippen LogP contribution < -0.4 is 5.43 Å². The largest absolute Gasteiger partial charge is 0.307 e. The first-order valence-corrected chi connectivity index (χ1v) is 11.4. The van der Waals surface area contributed by atoms with Crippen molar-refractivity contribution in [2.45, 2.75) is 56.1 Å². The molecule has 1 amide bonds. The number of halogens is 1. The minimum absolute atomic E-state index is 0.0309. The number of carbonyl (C=O) groups is 1. The second-order valence-corrected chi connectivity index (χ2v) is 9.21. The number of hydrogen-bond donors (Lipinski definition) is 1. The lowest BCUT2D eigenvalue weighted by atomic mass is 9.81. The van der Waals surface area contributed by atoms with Crippen molar-refractivity contribution in [2.75, 3.05) is 6.54 Å². The van der Waals surface area contributed by atoms with E-state index in [1.165, 1.54) is 5.56 Å². The molecule has 0 bridgehead atoms. The maximum atomic E-state index is 13.1. The SMILES string of the molecule is C=Cc1ccc(CSC2=NNC3N(CCC)C(=O)C4CC(Cl)CCC4N23)cc1. The number of nitrogens with zero attached hydrogens (tertiary/aromatic N) is 3. The Hall–Kier alpha value is -1.66. The highest BCUT2D eigenvalue weighted by atomic mass is 35.5. The standard InChI is InChI=1S/C21H27ClN4OS/c1-3-11-25-19(27)17-12-16(22)9-10-18(17)26-20(25)23-24-21(26)28-13-15-7-5-14(4-2)6-8-15/h4-8,16-18,20,23H,2-3,9-13H2,1H3. The minimum atomic E-state index is -0.161. The fourth-order valence-corrected chi connectivity index (χ4v) is 5.70. The van der Waals surface area contributed by atoms with Crippen LogP contribution in [0.3, 0.4) is 0 Å². The number of rotatable bonds is 5. The smallest absolute Gasteiger partial charge is 0.230 e. The molecule has 5 nitrogen and oxygen atoms in total. The molecule has 1 aromatic carbocycles. The fraction of sp³-hybridized carbons (Fsp3) is 0.524. The summed E-state index contributed by atoms with van der Waals surface area (Å²) in [5, 5.41) is 5.69. The van der Waals surface area contributed by atoms with E-state index < -0.39 is 0 Å². The van der Waals surface area contributed by atoms with E-state index in [4.69, 9.17) is 11.6 Å². The van der Waals surface area contributed by atoms with Crippen LogP contribution in [-0.4, -0.2) is 45.1 Å². The third-order valence-electron chi connectivity index (χ3n) is 5.81. The lowest BCUT2D eigenvalue weighted by Crippen LogP contribution is -2.67. The van der Waals surface area contributed by atoms with Gasteiger partial charge in [-0.05, 0) is 36.8 Å². The summed E-state index contributed by atoms with van der Waals surface area (Å²) in [6.07, 6.45) is 5.27. The number of alkyl halides is 1. The molecule has 0 aromatic heterocycles. The van der Waals surface area contributed by atoms with Gasteiger partial charge in [0, 0.05) is 23.7 Å². The van der Waals surface area contributed by atoms with Gasteiger partial charge >= 0.3 is 0 Å². The fourth-order valence-electron chi connectivity index (χ4n) is 4.39. The molecule has 150 valence electrons. The molecule has 4 atom stereocenters. The molecule has 1 saturated heterocycles. The van der Waals surface area contributed by atoms with Crippen LogP contribution in [0.4, 0.5) is 0 Å². The van der Waals surface area contributed by atoms with Gasteiger partial charge in [-0.1, -0.05) is 55.6 Å². The van der Waals surface area contributed by atoms with Crippen molar-refractivity contribution in [3.05, 3.63) is 42.0 Å². The summed E-state index contributed by atoms with van der Waals surface area (Å²) in [5.74, 6) is 1.04. The molecule has 28 heavy (non-hydrogen) atoms. The van der Waals surface area contributed by atoms with Gasteiger partial charge in [0.1, 0.15) is 0 Å². The maximum Gasteiger partial charge on any atom is 0.230 e. The van der Waals surface area contributed by atoms with Crippen molar-refractivity contribution in [3.8, 4) is 0 Å². The summed E-state index contributed by atoms with van der Waals surface area (Å²) >= 11 is 8.16. The Morgan fingerprint density at radius 2 is 2.14 bits per heavy atom. The zero-order valence-electron chi connectivity index (χ0n) is 16.2. The number of carbonyl (C=O) groups excluding carboxylic acids is 1. The van der Waals surface area contributed by atoms with Crippen LogP contribution in [0, 0.1) is 5.92 Å². The molecule has 0 spiro atoms. The van der Waals surface area contributed by atoms with Crippen molar-refractivity contribution >= 4 is 40.5 Å². The molecule has 1 aromatic rings. The first kappa shape index (κ1) is 19.6. The maximum absolute atomic E-state index is 13.1. The van der Waals surface area contributed by atoms with Gasteiger partial charge in [-0.3, -0.25) is 10.2 Å². The highest BCUT2D eigenvalue weighted by Crippen LogP contribution is 2.40. The van der Waals surface area contributed by atoms with Gasteiger partial charge in [0.2, 0.25) is 5.91 Å². The molecule has 1 N–H and O–H groups in total. The normalized spacial score (nSPS) is 29.1. The van der Waals surface area contributed by atoms with E-state index in [0.717, 1.165) is 48.7 Å².